The summed E-state index contributed by atoms with van der Waals surface area (Å²) in [6.07, 6.45) is 0.232. The predicted molar refractivity (Wildman–Crippen MR) is 179 cm³/mol. The number of nitrogens with one attached hydrogen (secondary N) is 2. The van der Waals surface area contributed by atoms with E-state index in [9.17, 15) is 18.0 Å². The lowest BCUT2D eigenvalue weighted by Crippen LogP contribution is -2.54. The normalized spacial score (nSPS) is 14.6. The molecule has 4 aromatic carbocycles. The number of carbonyl (C=O) groups is 1. The van der Waals surface area contributed by atoms with Crippen molar-refractivity contribution in [1.82, 2.24) is 15.6 Å². The van der Waals surface area contributed by atoms with Crippen LogP contribution >= 0.6 is 0 Å². The van der Waals surface area contributed by atoms with Crippen molar-refractivity contribution < 1.29 is 22.4 Å². The van der Waals surface area contributed by atoms with Crippen molar-refractivity contribution in [3.8, 4) is 0 Å². The summed E-state index contributed by atoms with van der Waals surface area (Å²) in [5, 5.41) is 5.95. The van der Waals surface area contributed by atoms with Crippen LogP contribution in [-0.4, -0.2) is 22.8 Å². The summed E-state index contributed by atoms with van der Waals surface area (Å²) < 4.78 is 57.2. The molecule has 6 rings (SSSR count). The zero-order valence-electron chi connectivity index (χ0n) is 26.1. The van der Waals surface area contributed by atoms with Gasteiger partial charge in [0.2, 0.25) is 0 Å². The minimum absolute atomic E-state index is 0.00156. The summed E-state index contributed by atoms with van der Waals surface area (Å²) >= 11 is 0. The van der Waals surface area contributed by atoms with E-state index in [0.29, 0.717) is 23.0 Å². The zero-order valence-corrected chi connectivity index (χ0v) is 26.1. The molecule has 2 N–H and O–H groups in total. The maximum absolute atomic E-state index is 15.1. The number of aromatic nitrogens is 1. The van der Waals surface area contributed by atoms with Gasteiger partial charge in [-0.2, -0.15) is 13.2 Å². The number of benzene rings is 4. The van der Waals surface area contributed by atoms with Gasteiger partial charge in [0, 0.05) is 23.6 Å². The van der Waals surface area contributed by atoms with E-state index in [2.05, 4.69) is 10.6 Å². The SMILES string of the molecule is O=C(NC1CCCC1)NC(Cc1ccccc1)(c1cc(F)cc(C(F)(F)F)c1)c1ccc(N=C(c2ccccc2)c2ccccc2)cn1. The summed E-state index contributed by atoms with van der Waals surface area (Å²) in [6, 6.07) is 33.4. The topological polar surface area (TPSA) is 66.4 Å². The van der Waals surface area contributed by atoms with Crippen LogP contribution in [0.2, 0.25) is 0 Å². The van der Waals surface area contributed by atoms with Crippen LogP contribution < -0.4 is 10.6 Å². The summed E-state index contributed by atoms with van der Waals surface area (Å²) in [4.78, 5) is 23.3. The molecule has 0 spiro atoms. The first-order valence-corrected chi connectivity index (χ1v) is 15.9. The fourth-order valence-electron chi connectivity index (χ4n) is 6.23. The molecule has 5 nitrogen and oxygen atoms in total. The highest BCUT2D eigenvalue weighted by molar-refractivity contribution is 6.13. The Morgan fingerprint density at radius 2 is 1.35 bits per heavy atom. The van der Waals surface area contributed by atoms with Gasteiger partial charge in [-0.25, -0.2) is 14.2 Å². The molecule has 1 fully saturated rings. The molecule has 5 aromatic rings. The van der Waals surface area contributed by atoms with Crippen LogP contribution in [0.4, 0.5) is 28.0 Å². The third-order valence-corrected chi connectivity index (χ3v) is 8.57. The third-order valence-electron chi connectivity index (χ3n) is 8.57. The van der Waals surface area contributed by atoms with E-state index in [0.717, 1.165) is 48.9 Å². The van der Waals surface area contributed by atoms with Crippen molar-refractivity contribution in [2.45, 2.75) is 49.9 Å². The first-order valence-electron chi connectivity index (χ1n) is 15.9. The highest BCUT2D eigenvalue weighted by Crippen LogP contribution is 2.38. The Morgan fingerprint density at radius 1 is 0.771 bits per heavy atom. The molecule has 0 bridgehead atoms. The third kappa shape index (κ3) is 7.62. The van der Waals surface area contributed by atoms with Gasteiger partial charge in [0.15, 0.2) is 0 Å². The molecule has 0 radical (unpaired) electrons. The maximum Gasteiger partial charge on any atom is 0.416 e. The smallest absolute Gasteiger partial charge is 0.335 e. The number of halogens is 4. The molecule has 48 heavy (non-hydrogen) atoms. The molecule has 0 aliphatic heterocycles. The van der Waals surface area contributed by atoms with Crippen molar-refractivity contribution in [1.29, 1.82) is 0 Å². The van der Waals surface area contributed by atoms with E-state index in [1.165, 1.54) is 6.20 Å². The van der Waals surface area contributed by atoms with E-state index in [4.69, 9.17) is 9.98 Å². The second-order valence-corrected chi connectivity index (χ2v) is 12.0. The molecule has 1 atom stereocenters. The predicted octanol–water partition coefficient (Wildman–Crippen LogP) is 9.14. The molecular formula is C39H34F4N4O. The number of carbonyl (C=O) groups excluding carboxylic acids is 1. The first-order chi connectivity index (χ1) is 23.2. The van der Waals surface area contributed by atoms with Crippen LogP contribution in [0.3, 0.4) is 0 Å². The molecule has 244 valence electrons. The number of amides is 2. The lowest BCUT2D eigenvalue weighted by atomic mass is 9.79. The average Bonchev–Trinajstić information content (AvgIpc) is 3.60. The first kappa shape index (κ1) is 32.6. The number of alkyl halides is 3. The average molecular weight is 651 g/mol. The Balaban J connectivity index is 1.49. The standard InChI is InChI=1S/C39H34F4N4O/c40-32-23-30(22-31(24-32)39(41,42)43)38(25-27-12-4-1-5-13-27,47-37(48)46-33-18-10-11-19-33)35-21-20-34(26-44-35)45-36(28-14-6-2-7-15-28)29-16-8-3-9-17-29/h1-9,12-17,20-24,26,33H,10-11,18-19,25H2,(H2,46,47,48). The molecule has 1 saturated carbocycles. The molecule has 1 aliphatic rings. The van der Waals surface area contributed by atoms with Crippen molar-refractivity contribution in [3.05, 3.63) is 167 Å². The number of hydrogen-bond donors (Lipinski definition) is 2. The highest BCUT2D eigenvalue weighted by Gasteiger charge is 2.41. The van der Waals surface area contributed by atoms with Crippen LogP contribution in [0.1, 0.15) is 59.2 Å². The second-order valence-electron chi connectivity index (χ2n) is 12.0. The van der Waals surface area contributed by atoms with Gasteiger partial charge < -0.3 is 10.6 Å². The van der Waals surface area contributed by atoms with E-state index in [-0.39, 0.29) is 23.7 Å². The Labute approximate surface area is 276 Å². The van der Waals surface area contributed by atoms with Gasteiger partial charge in [0.25, 0.3) is 0 Å². The van der Waals surface area contributed by atoms with Crippen molar-refractivity contribution >= 4 is 17.4 Å². The summed E-state index contributed by atoms with van der Waals surface area (Å²) in [6.45, 7) is 0. The second kappa shape index (κ2) is 14.2. The van der Waals surface area contributed by atoms with Gasteiger partial charge in [0.05, 0.1) is 28.9 Å². The molecule has 0 saturated heterocycles. The molecule has 1 unspecified atom stereocenters. The van der Waals surface area contributed by atoms with Crippen molar-refractivity contribution in [3.63, 3.8) is 0 Å². The molecule has 1 heterocycles. The van der Waals surface area contributed by atoms with Gasteiger partial charge >= 0.3 is 12.2 Å². The summed E-state index contributed by atoms with van der Waals surface area (Å²) in [5.74, 6) is -1.08. The largest absolute Gasteiger partial charge is 0.416 e. The van der Waals surface area contributed by atoms with Gasteiger partial charge in [-0.15, -0.1) is 0 Å². The van der Waals surface area contributed by atoms with Crippen LogP contribution in [0.15, 0.2) is 133 Å². The number of nitrogens with zero attached hydrogens (tertiary/aromatic N) is 2. The van der Waals surface area contributed by atoms with Crippen LogP contribution in [0.25, 0.3) is 0 Å². The van der Waals surface area contributed by atoms with Gasteiger partial charge in [-0.05, 0) is 54.3 Å². The van der Waals surface area contributed by atoms with Crippen LogP contribution in [0, 0.1) is 5.82 Å². The van der Waals surface area contributed by atoms with E-state index in [1.54, 1.807) is 36.4 Å². The molecule has 1 aliphatic carbocycles. The molecule has 9 heteroatoms. The molecule has 1 aromatic heterocycles. The fourth-order valence-corrected chi connectivity index (χ4v) is 6.23. The van der Waals surface area contributed by atoms with E-state index < -0.39 is 29.1 Å². The Kier molecular flexibility index (Phi) is 9.66. The van der Waals surface area contributed by atoms with Crippen LogP contribution in [-0.2, 0) is 18.1 Å². The quantitative estimate of drug-likeness (QED) is 0.123. The number of hydrogen-bond acceptors (Lipinski definition) is 3. The molecular weight excluding hydrogens is 616 g/mol. The fraction of sp³-hybridized carbons (Fsp3) is 0.205. The van der Waals surface area contributed by atoms with Crippen LogP contribution in [0.5, 0.6) is 0 Å². The van der Waals surface area contributed by atoms with Gasteiger partial charge in [0.1, 0.15) is 11.4 Å². The zero-order chi connectivity index (χ0) is 33.6. The Bertz CT molecular complexity index is 1820. The Hall–Kier alpha value is -5.31. The van der Waals surface area contributed by atoms with E-state index >= 15 is 4.39 Å². The lowest BCUT2D eigenvalue weighted by Gasteiger charge is -2.36. The summed E-state index contributed by atoms with van der Waals surface area (Å²) in [5.41, 5.74) is 0.962. The number of urea groups is 1. The van der Waals surface area contributed by atoms with Crippen molar-refractivity contribution in [2.75, 3.05) is 0 Å². The number of pyridine rings is 1. The molecule has 2 amide bonds. The van der Waals surface area contributed by atoms with Gasteiger partial charge in [-0.3, -0.25) is 4.98 Å². The Morgan fingerprint density at radius 3 is 1.92 bits per heavy atom. The monoisotopic (exact) mass is 650 g/mol. The number of aliphatic imine (C=N–C) groups is 1. The van der Waals surface area contributed by atoms with Crippen molar-refractivity contribution in [2.24, 2.45) is 4.99 Å². The van der Waals surface area contributed by atoms with Gasteiger partial charge in [-0.1, -0.05) is 104 Å². The number of rotatable bonds is 9. The lowest BCUT2D eigenvalue weighted by molar-refractivity contribution is -0.137. The summed E-state index contributed by atoms with van der Waals surface area (Å²) in [7, 11) is 0. The minimum atomic E-state index is -4.82. The minimum Gasteiger partial charge on any atom is -0.335 e. The van der Waals surface area contributed by atoms with E-state index in [1.807, 2.05) is 66.7 Å². The highest BCUT2D eigenvalue weighted by atomic mass is 19.4. The maximum atomic E-state index is 15.1.